The number of amides is 1. The first-order chi connectivity index (χ1) is 12.6. The molecule has 1 atom stereocenters. The fourth-order valence-electron chi connectivity index (χ4n) is 2.24. The van der Waals surface area contributed by atoms with Gasteiger partial charge < -0.3 is 10.1 Å². The van der Waals surface area contributed by atoms with Crippen LogP contribution in [0.3, 0.4) is 0 Å². The Kier molecular flexibility index (Phi) is 6.61. The lowest BCUT2D eigenvalue weighted by Gasteiger charge is -2.13. The number of ether oxygens (including phenoxy) is 1. The molecule has 0 saturated heterocycles. The molecule has 0 saturated carbocycles. The van der Waals surface area contributed by atoms with Crippen molar-refractivity contribution in [3.05, 3.63) is 58.1 Å². The largest absolute Gasteiger partial charge is 0.467 e. The Balaban J connectivity index is 2.26. The van der Waals surface area contributed by atoms with Crippen molar-refractivity contribution >= 4 is 43.5 Å². The monoisotopic (exact) mass is 454 g/mol. The smallest absolute Gasteiger partial charge is 0.328 e. The molecule has 0 aliphatic rings. The van der Waals surface area contributed by atoms with Gasteiger partial charge in [-0.15, -0.1) is 0 Å². The first-order valence-electron chi connectivity index (χ1n) is 7.92. The second-order valence-electron chi connectivity index (χ2n) is 5.83. The van der Waals surface area contributed by atoms with Gasteiger partial charge in [-0.2, -0.15) is 0 Å². The van der Waals surface area contributed by atoms with Crippen LogP contribution in [-0.2, 0) is 19.6 Å². The number of rotatable bonds is 6. The lowest BCUT2D eigenvalue weighted by molar-refractivity contribution is -0.142. The quantitative estimate of drug-likeness (QED) is 0.653. The molecule has 2 N–H and O–H groups in total. The number of sulfonamides is 1. The number of hydrogen-bond acceptors (Lipinski definition) is 5. The number of nitrogens with one attached hydrogen (secondary N) is 2. The molecular formula is C18H19BrN2O5S. The number of carbonyl (C=O) groups excluding carboxylic acids is 2. The molecule has 0 spiro atoms. The van der Waals surface area contributed by atoms with Crippen molar-refractivity contribution in [3.8, 4) is 0 Å². The average Bonchev–Trinajstić information content (AvgIpc) is 2.63. The van der Waals surface area contributed by atoms with Crippen molar-refractivity contribution < 1.29 is 22.7 Å². The summed E-state index contributed by atoms with van der Waals surface area (Å²) >= 11 is 3.31. The molecule has 27 heavy (non-hydrogen) atoms. The van der Waals surface area contributed by atoms with E-state index in [0.717, 1.165) is 5.56 Å². The lowest BCUT2D eigenvalue weighted by atomic mass is 10.2. The number of methoxy groups -OCH3 is 1. The van der Waals surface area contributed by atoms with E-state index in [9.17, 15) is 18.0 Å². The summed E-state index contributed by atoms with van der Waals surface area (Å²) < 4.78 is 33.0. The molecule has 0 aliphatic carbocycles. The number of esters is 1. The Labute approximate surface area is 166 Å². The Morgan fingerprint density at radius 3 is 2.52 bits per heavy atom. The van der Waals surface area contributed by atoms with E-state index in [1.165, 1.54) is 38.3 Å². The van der Waals surface area contributed by atoms with Crippen LogP contribution >= 0.6 is 15.9 Å². The van der Waals surface area contributed by atoms with E-state index in [4.69, 9.17) is 0 Å². The molecule has 2 aromatic rings. The van der Waals surface area contributed by atoms with Crippen LogP contribution in [-0.4, -0.2) is 33.4 Å². The summed E-state index contributed by atoms with van der Waals surface area (Å²) in [6.45, 7) is 3.32. The number of anilines is 1. The summed E-state index contributed by atoms with van der Waals surface area (Å²) in [4.78, 5) is 23.6. The number of halogens is 1. The molecule has 1 unspecified atom stereocenters. The zero-order chi connectivity index (χ0) is 20.2. The maximum absolute atomic E-state index is 12.7. The molecular weight excluding hydrogens is 436 g/mol. The number of aryl methyl sites for hydroxylation is 1. The van der Waals surface area contributed by atoms with Gasteiger partial charge in [-0.25, -0.2) is 13.2 Å². The van der Waals surface area contributed by atoms with Gasteiger partial charge in [0.1, 0.15) is 6.04 Å². The highest BCUT2D eigenvalue weighted by Gasteiger charge is 2.20. The van der Waals surface area contributed by atoms with Gasteiger partial charge in [0.2, 0.25) is 0 Å². The highest BCUT2D eigenvalue weighted by atomic mass is 79.9. The van der Waals surface area contributed by atoms with E-state index in [1.54, 1.807) is 12.1 Å². The van der Waals surface area contributed by atoms with Gasteiger partial charge in [0.05, 0.1) is 17.7 Å². The molecule has 1 amide bonds. The van der Waals surface area contributed by atoms with Crippen LogP contribution in [0.25, 0.3) is 0 Å². The maximum atomic E-state index is 12.7. The SMILES string of the molecule is COC(=O)C(C)NC(=O)c1cccc(S(=O)(=O)Nc2cc(C)ccc2Br)c1. The van der Waals surface area contributed by atoms with Crippen molar-refractivity contribution in [2.45, 2.75) is 24.8 Å². The molecule has 2 rings (SSSR count). The molecule has 144 valence electrons. The predicted octanol–water partition coefficient (Wildman–Crippen LogP) is 2.85. The summed E-state index contributed by atoms with van der Waals surface area (Å²) in [5.41, 5.74) is 1.39. The van der Waals surface area contributed by atoms with E-state index in [2.05, 4.69) is 30.7 Å². The summed E-state index contributed by atoms with van der Waals surface area (Å²) in [6.07, 6.45) is 0. The van der Waals surface area contributed by atoms with Crippen LogP contribution in [0, 0.1) is 6.92 Å². The first kappa shape index (κ1) is 20.9. The number of benzene rings is 2. The molecule has 2 aromatic carbocycles. The first-order valence-corrected chi connectivity index (χ1v) is 10.2. The molecule has 0 radical (unpaired) electrons. The third-order valence-electron chi connectivity index (χ3n) is 3.68. The normalized spacial score (nSPS) is 12.1. The van der Waals surface area contributed by atoms with Gasteiger partial charge in [-0.05, 0) is 65.7 Å². The molecule has 7 nitrogen and oxygen atoms in total. The zero-order valence-electron chi connectivity index (χ0n) is 14.9. The second-order valence-corrected chi connectivity index (χ2v) is 8.37. The molecule has 0 fully saturated rings. The van der Waals surface area contributed by atoms with Gasteiger partial charge >= 0.3 is 5.97 Å². The molecule has 0 aromatic heterocycles. The van der Waals surface area contributed by atoms with Gasteiger partial charge in [-0.3, -0.25) is 9.52 Å². The van der Waals surface area contributed by atoms with Gasteiger partial charge in [-0.1, -0.05) is 12.1 Å². The van der Waals surface area contributed by atoms with Crippen LogP contribution in [0.2, 0.25) is 0 Å². The number of hydrogen-bond donors (Lipinski definition) is 2. The van der Waals surface area contributed by atoms with E-state index >= 15 is 0 Å². The summed E-state index contributed by atoms with van der Waals surface area (Å²) in [7, 11) is -2.69. The summed E-state index contributed by atoms with van der Waals surface area (Å²) in [5, 5.41) is 2.46. The topological polar surface area (TPSA) is 102 Å². The minimum atomic E-state index is -3.91. The van der Waals surface area contributed by atoms with Gasteiger partial charge in [0.15, 0.2) is 0 Å². The fraction of sp³-hybridized carbons (Fsp3) is 0.222. The maximum Gasteiger partial charge on any atom is 0.328 e. The Morgan fingerprint density at radius 1 is 1.15 bits per heavy atom. The summed E-state index contributed by atoms with van der Waals surface area (Å²) in [5.74, 6) is -1.18. The minimum Gasteiger partial charge on any atom is -0.467 e. The fourth-order valence-corrected chi connectivity index (χ4v) is 3.83. The third-order valence-corrected chi connectivity index (χ3v) is 5.73. The van der Waals surface area contributed by atoms with Crippen molar-refractivity contribution in [2.24, 2.45) is 0 Å². The van der Waals surface area contributed by atoms with E-state index in [1.807, 2.05) is 13.0 Å². The van der Waals surface area contributed by atoms with Crippen LogP contribution in [0.1, 0.15) is 22.8 Å². The third kappa shape index (κ3) is 5.30. The van der Waals surface area contributed by atoms with Gasteiger partial charge in [0.25, 0.3) is 15.9 Å². The molecule has 0 heterocycles. The van der Waals surface area contributed by atoms with E-state index in [0.29, 0.717) is 10.2 Å². The lowest BCUT2D eigenvalue weighted by Crippen LogP contribution is -2.39. The Morgan fingerprint density at radius 2 is 1.85 bits per heavy atom. The highest BCUT2D eigenvalue weighted by molar-refractivity contribution is 9.10. The highest BCUT2D eigenvalue weighted by Crippen LogP contribution is 2.26. The second kappa shape index (κ2) is 8.53. The standard InChI is InChI=1S/C18H19BrN2O5S/c1-11-7-8-15(19)16(9-11)21-27(24,25)14-6-4-5-13(10-14)17(22)20-12(2)18(23)26-3/h4-10,12,21H,1-3H3,(H,20,22). The van der Waals surface area contributed by atoms with Crippen molar-refractivity contribution in [1.82, 2.24) is 5.32 Å². The van der Waals surface area contributed by atoms with E-state index < -0.39 is 27.9 Å². The predicted molar refractivity (Wildman–Crippen MR) is 105 cm³/mol. The number of carbonyl (C=O) groups is 2. The zero-order valence-corrected chi connectivity index (χ0v) is 17.3. The van der Waals surface area contributed by atoms with E-state index in [-0.39, 0.29) is 10.5 Å². The van der Waals surface area contributed by atoms with Crippen LogP contribution in [0.5, 0.6) is 0 Å². The Hall–Kier alpha value is -2.39. The van der Waals surface area contributed by atoms with Crippen molar-refractivity contribution in [3.63, 3.8) is 0 Å². The molecule has 0 bridgehead atoms. The average molecular weight is 455 g/mol. The Bertz CT molecular complexity index is 975. The summed E-state index contributed by atoms with van der Waals surface area (Å²) in [6, 6.07) is 9.96. The van der Waals surface area contributed by atoms with Crippen LogP contribution < -0.4 is 10.0 Å². The minimum absolute atomic E-state index is 0.0747. The van der Waals surface area contributed by atoms with Crippen molar-refractivity contribution in [1.29, 1.82) is 0 Å². The van der Waals surface area contributed by atoms with Gasteiger partial charge in [0, 0.05) is 10.0 Å². The molecule has 0 aliphatic heterocycles. The van der Waals surface area contributed by atoms with Crippen molar-refractivity contribution in [2.75, 3.05) is 11.8 Å². The molecule has 9 heteroatoms. The van der Waals surface area contributed by atoms with Crippen LogP contribution in [0.4, 0.5) is 5.69 Å². The van der Waals surface area contributed by atoms with Crippen LogP contribution in [0.15, 0.2) is 51.8 Å².